The Balaban J connectivity index is 1.96. The molecule has 0 bridgehead atoms. The van der Waals surface area contributed by atoms with Crippen LogP contribution in [0.1, 0.15) is 20.7 Å². The number of rotatable bonds is 5. The highest BCUT2D eigenvalue weighted by molar-refractivity contribution is 6.14. The molecule has 1 heterocycles. The van der Waals surface area contributed by atoms with Crippen LogP contribution in [0.25, 0.3) is 10.9 Å². The lowest BCUT2D eigenvalue weighted by Gasteiger charge is -2.12. The number of H-pyrrole nitrogens is 1. The van der Waals surface area contributed by atoms with Crippen LogP contribution in [0.4, 0.5) is 5.69 Å². The fourth-order valence-corrected chi connectivity index (χ4v) is 2.63. The minimum Gasteiger partial charge on any atom is -0.349 e. The number of aromatic nitrogens is 1. The molecule has 0 atom stereocenters. The third kappa shape index (κ3) is 3.54. The predicted molar refractivity (Wildman–Crippen MR) is 101 cm³/mol. The van der Waals surface area contributed by atoms with Crippen LogP contribution in [0.2, 0.25) is 0 Å². The van der Waals surface area contributed by atoms with Gasteiger partial charge in [0.2, 0.25) is 5.56 Å². The van der Waals surface area contributed by atoms with Crippen molar-refractivity contribution in [1.82, 2.24) is 10.3 Å². The second kappa shape index (κ2) is 7.48. The highest BCUT2D eigenvalue weighted by Gasteiger charge is 2.16. The van der Waals surface area contributed by atoms with Gasteiger partial charge in [0.05, 0.1) is 16.8 Å². The highest BCUT2D eigenvalue weighted by atomic mass is 16.2. The molecule has 3 rings (SSSR count). The van der Waals surface area contributed by atoms with Crippen molar-refractivity contribution in [3.05, 3.63) is 88.7 Å². The van der Waals surface area contributed by atoms with Gasteiger partial charge in [-0.15, -0.1) is 6.58 Å². The van der Waals surface area contributed by atoms with Crippen LogP contribution in [0.3, 0.4) is 0 Å². The second-order valence-electron chi connectivity index (χ2n) is 5.59. The van der Waals surface area contributed by atoms with Gasteiger partial charge in [-0.3, -0.25) is 14.4 Å². The van der Waals surface area contributed by atoms with Gasteiger partial charge in [-0.2, -0.15) is 0 Å². The number of anilines is 1. The van der Waals surface area contributed by atoms with Gasteiger partial charge >= 0.3 is 0 Å². The Morgan fingerprint density at radius 1 is 1.00 bits per heavy atom. The maximum Gasteiger partial charge on any atom is 0.256 e. The van der Waals surface area contributed by atoms with E-state index < -0.39 is 5.91 Å². The van der Waals surface area contributed by atoms with Gasteiger partial charge in [0.15, 0.2) is 0 Å². The summed E-state index contributed by atoms with van der Waals surface area (Å²) in [5.74, 6) is -0.784. The van der Waals surface area contributed by atoms with Crippen LogP contribution in [-0.2, 0) is 0 Å². The number of nitrogens with one attached hydrogen (secondary N) is 3. The van der Waals surface area contributed by atoms with E-state index >= 15 is 0 Å². The molecule has 1 aromatic heterocycles. The number of carbonyl (C=O) groups is 2. The van der Waals surface area contributed by atoms with E-state index in [1.807, 2.05) is 0 Å². The Bertz CT molecular complexity index is 1050. The molecule has 6 heteroatoms. The number of amides is 2. The molecule has 0 radical (unpaired) electrons. The van der Waals surface area contributed by atoms with E-state index in [4.69, 9.17) is 0 Å². The third-order valence-electron chi connectivity index (χ3n) is 3.82. The molecule has 26 heavy (non-hydrogen) atoms. The van der Waals surface area contributed by atoms with Crippen molar-refractivity contribution < 1.29 is 9.59 Å². The minimum absolute atomic E-state index is 0.241. The quantitative estimate of drug-likeness (QED) is 0.620. The second-order valence-corrected chi connectivity index (χ2v) is 5.59. The molecule has 130 valence electrons. The van der Waals surface area contributed by atoms with E-state index in [-0.39, 0.29) is 17.0 Å². The van der Waals surface area contributed by atoms with E-state index in [0.29, 0.717) is 28.7 Å². The standard InChI is InChI=1S/C20H17N3O3/c1-2-11-21-19(25)14-8-4-6-10-17(14)23-20(26)15-12-18(24)22-16-9-5-3-7-13(15)16/h2-10,12H,1,11H2,(H,21,25)(H,22,24)(H,23,26). The Hall–Kier alpha value is -3.67. The van der Waals surface area contributed by atoms with Crippen molar-refractivity contribution in [2.24, 2.45) is 0 Å². The lowest BCUT2D eigenvalue weighted by Crippen LogP contribution is -2.25. The molecule has 3 aromatic rings. The van der Waals surface area contributed by atoms with Crippen molar-refractivity contribution >= 4 is 28.4 Å². The molecule has 0 saturated heterocycles. The first-order chi connectivity index (χ1) is 12.6. The lowest BCUT2D eigenvalue weighted by atomic mass is 10.1. The lowest BCUT2D eigenvalue weighted by molar-refractivity contribution is 0.0959. The zero-order valence-electron chi connectivity index (χ0n) is 13.9. The van der Waals surface area contributed by atoms with Crippen molar-refractivity contribution in [1.29, 1.82) is 0 Å². The van der Waals surface area contributed by atoms with Gasteiger partial charge in [0.25, 0.3) is 11.8 Å². The Morgan fingerprint density at radius 3 is 2.54 bits per heavy atom. The maximum absolute atomic E-state index is 12.8. The molecule has 2 amide bonds. The van der Waals surface area contributed by atoms with Crippen LogP contribution in [-0.4, -0.2) is 23.3 Å². The first kappa shape index (κ1) is 17.2. The van der Waals surface area contributed by atoms with Crippen molar-refractivity contribution in [2.75, 3.05) is 11.9 Å². The Kier molecular flexibility index (Phi) is 4.94. The average Bonchev–Trinajstić information content (AvgIpc) is 2.65. The van der Waals surface area contributed by atoms with Crippen molar-refractivity contribution in [2.45, 2.75) is 0 Å². The van der Waals surface area contributed by atoms with Crippen LogP contribution in [0, 0.1) is 0 Å². The van der Waals surface area contributed by atoms with Crippen LogP contribution >= 0.6 is 0 Å². The molecule has 0 aliphatic rings. The maximum atomic E-state index is 12.8. The fourth-order valence-electron chi connectivity index (χ4n) is 2.63. The third-order valence-corrected chi connectivity index (χ3v) is 3.82. The normalized spacial score (nSPS) is 10.3. The molecular weight excluding hydrogens is 330 g/mol. The van der Waals surface area contributed by atoms with E-state index in [1.54, 1.807) is 54.6 Å². The molecule has 3 N–H and O–H groups in total. The summed E-state index contributed by atoms with van der Waals surface area (Å²) in [6.07, 6.45) is 1.57. The summed E-state index contributed by atoms with van der Waals surface area (Å²) >= 11 is 0. The van der Waals surface area contributed by atoms with Crippen molar-refractivity contribution in [3.8, 4) is 0 Å². The van der Waals surface area contributed by atoms with Crippen LogP contribution in [0.15, 0.2) is 72.0 Å². The number of aromatic amines is 1. The Labute approximate surface area is 149 Å². The van der Waals surface area contributed by atoms with Gasteiger partial charge in [-0.05, 0) is 18.2 Å². The molecular formula is C20H17N3O3. The summed E-state index contributed by atoms with van der Waals surface area (Å²) in [5.41, 5.74) is 1.14. The summed E-state index contributed by atoms with van der Waals surface area (Å²) in [5, 5.41) is 6.03. The number of pyridine rings is 1. The molecule has 2 aromatic carbocycles. The van der Waals surface area contributed by atoms with Gasteiger partial charge in [-0.25, -0.2) is 0 Å². The molecule has 0 unspecified atom stereocenters. The fraction of sp³-hybridized carbons (Fsp3) is 0.0500. The number of para-hydroxylation sites is 2. The largest absolute Gasteiger partial charge is 0.349 e. The molecule has 0 aliphatic heterocycles. The topological polar surface area (TPSA) is 91.1 Å². The first-order valence-corrected chi connectivity index (χ1v) is 8.01. The summed E-state index contributed by atoms with van der Waals surface area (Å²) in [6, 6.07) is 15.0. The Morgan fingerprint density at radius 2 is 1.73 bits per heavy atom. The minimum atomic E-state index is -0.462. The van der Waals surface area contributed by atoms with E-state index in [1.165, 1.54) is 6.07 Å². The van der Waals surface area contributed by atoms with Gasteiger partial charge < -0.3 is 15.6 Å². The summed E-state index contributed by atoms with van der Waals surface area (Å²) in [7, 11) is 0. The van der Waals surface area contributed by atoms with Gasteiger partial charge in [-0.1, -0.05) is 36.4 Å². The number of hydrogen-bond acceptors (Lipinski definition) is 3. The molecule has 0 saturated carbocycles. The molecule has 0 aliphatic carbocycles. The number of fused-ring (bicyclic) bond motifs is 1. The number of carbonyl (C=O) groups excluding carboxylic acids is 2. The summed E-state index contributed by atoms with van der Waals surface area (Å²) in [4.78, 5) is 39.5. The molecule has 6 nitrogen and oxygen atoms in total. The summed E-state index contributed by atoms with van der Waals surface area (Å²) < 4.78 is 0. The summed E-state index contributed by atoms with van der Waals surface area (Å²) in [6.45, 7) is 3.88. The van der Waals surface area contributed by atoms with E-state index in [9.17, 15) is 14.4 Å². The smallest absolute Gasteiger partial charge is 0.256 e. The highest BCUT2D eigenvalue weighted by Crippen LogP contribution is 2.19. The van der Waals surface area contributed by atoms with Crippen molar-refractivity contribution in [3.63, 3.8) is 0 Å². The van der Waals surface area contributed by atoms with Crippen LogP contribution < -0.4 is 16.2 Å². The molecule has 0 spiro atoms. The SMILES string of the molecule is C=CCNC(=O)c1ccccc1NC(=O)c1cc(=O)[nH]c2ccccc12. The van der Waals surface area contributed by atoms with Gasteiger partial charge in [0, 0.05) is 23.5 Å². The number of benzene rings is 2. The average molecular weight is 347 g/mol. The van der Waals surface area contributed by atoms with Crippen LogP contribution in [0.5, 0.6) is 0 Å². The van der Waals surface area contributed by atoms with E-state index in [0.717, 1.165) is 0 Å². The zero-order valence-corrected chi connectivity index (χ0v) is 13.9. The van der Waals surface area contributed by atoms with E-state index in [2.05, 4.69) is 22.2 Å². The first-order valence-electron chi connectivity index (χ1n) is 8.01. The number of hydrogen-bond donors (Lipinski definition) is 3. The predicted octanol–water partition coefficient (Wildman–Crippen LogP) is 2.70. The van der Waals surface area contributed by atoms with Gasteiger partial charge in [0.1, 0.15) is 0 Å². The molecule has 0 fully saturated rings. The zero-order chi connectivity index (χ0) is 18.5. The monoisotopic (exact) mass is 347 g/mol.